The number of hydrogen-bond donors (Lipinski definition) is 2. The van der Waals surface area contributed by atoms with Gasteiger partial charge in [0, 0.05) is 11.1 Å². The first-order chi connectivity index (χ1) is 9.99. The molecule has 1 amide bonds. The first-order valence-electron chi connectivity index (χ1n) is 6.39. The monoisotopic (exact) mass is 289 g/mol. The van der Waals surface area contributed by atoms with Crippen LogP contribution in [-0.4, -0.2) is 33.2 Å². The van der Waals surface area contributed by atoms with Gasteiger partial charge in [-0.15, -0.1) is 0 Å². The SMILES string of the molecule is CC(C)[C@@H](NC(=O)c1ccc(-c2ncon2)cc1)C(=O)O. The molecule has 1 atom stereocenters. The van der Waals surface area contributed by atoms with E-state index in [4.69, 9.17) is 5.11 Å². The standard InChI is InChI=1S/C14H15N3O4/c1-8(2)11(14(19)20)16-13(18)10-5-3-9(4-6-10)12-15-7-21-17-12/h3-8,11H,1-2H3,(H,16,18)(H,19,20)/t11-/m1/s1. The van der Waals surface area contributed by atoms with Crippen LogP contribution in [0.1, 0.15) is 24.2 Å². The summed E-state index contributed by atoms with van der Waals surface area (Å²) in [5.41, 5.74) is 1.08. The second kappa shape index (κ2) is 6.17. The molecule has 0 aliphatic heterocycles. The maximum absolute atomic E-state index is 12.0. The molecule has 110 valence electrons. The predicted molar refractivity (Wildman–Crippen MR) is 73.5 cm³/mol. The van der Waals surface area contributed by atoms with E-state index >= 15 is 0 Å². The molecule has 1 heterocycles. The van der Waals surface area contributed by atoms with Crippen molar-refractivity contribution in [3.63, 3.8) is 0 Å². The van der Waals surface area contributed by atoms with Crippen LogP contribution in [0.25, 0.3) is 11.4 Å². The first-order valence-corrected chi connectivity index (χ1v) is 6.39. The van der Waals surface area contributed by atoms with E-state index in [0.717, 1.165) is 0 Å². The fourth-order valence-electron chi connectivity index (χ4n) is 1.81. The van der Waals surface area contributed by atoms with Gasteiger partial charge in [0.25, 0.3) is 5.91 Å². The highest BCUT2D eigenvalue weighted by Gasteiger charge is 2.23. The van der Waals surface area contributed by atoms with Gasteiger partial charge in [-0.3, -0.25) is 4.79 Å². The quantitative estimate of drug-likeness (QED) is 0.865. The molecule has 0 radical (unpaired) electrons. The third-order valence-electron chi connectivity index (χ3n) is 2.99. The van der Waals surface area contributed by atoms with Crippen LogP contribution in [0, 0.1) is 5.92 Å². The second-order valence-electron chi connectivity index (χ2n) is 4.87. The summed E-state index contributed by atoms with van der Waals surface area (Å²) in [4.78, 5) is 27.0. The van der Waals surface area contributed by atoms with Crippen molar-refractivity contribution in [2.24, 2.45) is 5.92 Å². The summed E-state index contributed by atoms with van der Waals surface area (Å²) >= 11 is 0. The number of aromatic nitrogens is 2. The van der Waals surface area contributed by atoms with Crippen LogP contribution in [0.15, 0.2) is 35.2 Å². The van der Waals surface area contributed by atoms with Crippen molar-refractivity contribution in [1.82, 2.24) is 15.5 Å². The van der Waals surface area contributed by atoms with E-state index < -0.39 is 17.9 Å². The maximum Gasteiger partial charge on any atom is 0.326 e. The summed E-state index contributed by atoms with van der Waals surface area (Å²) in [7, 11) is 0. The van der Waals surface area contributed by atoms with Crippen LogP contribution < -0.4 is 5.32 Å². The normalized spacial score (nSPS) is 12.1. The average molecular weight is 289 g/mol. The molecule has 0 aliphatic rings. The minimum atomic E-state index is -1.05. The van der Waals surface area contributed by atoms with E-state index in [-0.39, 0.29) is 5.92 Å². The van der Waals surface area contributed by atoms with Gasteiger partial charge in [-0.2, -0.15) is 4.98 Å². The number of carboxylic acid groups (broad SMARTS) is 1. The Morgan fingerprint density at radius 3 is 2.38 bits per heavy atom. The van der Waals surface area contributed by atoms with E-state index in [2.05, 4.69) is 20.0 Å². The number of benzene rings is 1. The largest absolute Gasteiger partial charge is 0.480 e. The molecule has 0 spiro atoms. The van der Waals surface area contributed by atoms with Crippen molar-refractivity contribution in [2.45, 2.75) is 19.9 Å². The van der Waals surface area contributed by atoms with E-state index in [1.54, 1.807) is 38.1 Å². The molecule has 2 aromatic rings. The fraction of sp³-hybridized carbons (Fsp3) is 0.286. The van der Waals surface area contributed by atoms with Gasteiger partial charge in [-0.1, -0.05) is 31.1 Å². The van der Waals surface area contributed by atoms with Crippen molar-refractivity contribution in [3.8, 4) is 11.4 Å². The van der Waals surface area contributed by atoms with Crippen molar-refractivity contribution in [1.29, 1.82) is 0 Å². The number of rotatable bonds is 5. The molecule has 1 aromatic carbocycles. The second-order valence-corrected chi connectivity index (χ2v) is 4.87. The fourth-order valence-corrected chi connectivity index (χ4v) is 1.81. The van der Waals surface area contributed by atoms with E-state index in [9.17, 15) is 9.59 Å². The molecule has 0 fully saturated rings. The van der Waals surface area contributed by atoms with Gasteiger partial charge < -0.3 is 14.9 Å². The zero-order chi connectivity index (χ0) is 15.4. The van der Waals surface area contributed by atoms with Gasteiger partial charge in [0.2, 0.25) is 12.2 Å². The van der Waals surface area contributed by atoms with Crippen LogP contribution in [-0.2, 0) is 4.79 Å². The van der Waals surface area contributed by atoms with Crippen molar-refractivity contribution >= 4 is 11.9 Å². The molecule has 21 heavy (non-hydrogen) atoms. The highest BCUT2D eigenvalue weighted by molar-refractivity contribution is 5.96. The van der Waals surface area contributed by atoms with Gasteiger partial charge in [0.15, 0.2) is 0 Å². The Kier molecular flexibility index (Phi) is 4.32. The van der Waals surface area contributed by atoms with Crippen LogP contribution in [0.2, 0.25) is 0 Å². The molecule has 0 bridgehead atoms. The number of hydrogen-bond acceptors (Lipinski definition) is 5. The van der Waals surface area contributed by atoms with Crippen molar-refractivity contribution < 1.29 is 19.2 Å². The summed E-state index contributed by atoms with van der Waals surface area (Å²) in [6, 6.07) is 5.59. The van der Waals surface area contributed by atoms with Gasteiger partial charge in [0.05, 0.1) is 0 Å². The summed E-state index contributed by atoms with van der Waals surface area (Å²) < 4.78 is 4.65. The molecule has 7 nitrogen and oxygen atoms in total. The van der Waals surface area contributed by atoms with Crippen LogP contribution in [0.3, 0.4) is 0 Å². The first kappa shape index (κ1) is 14.7. The molecular weight excluding hydrogens is 274 g/mol. The van der Waals surface area contributed by atoms with Gasteiger partial charge in [0.1, 0.15) is 6.04 Å². The lowest BCUT2D eigenvalue weighted by atomic mass is 10.0. The molecule has 0 saturated heterocycles. The van der Waals surface area contributed by atoms with E-state index in [1.807, 2.05) is 0 Å². The molecule has 2 N–H and O–H groups in total. The highest BCUT2D eigenvalue weighted by Crippen LogP contribution is 2.15. The van der Waals surface area contributed by atoms with E-state index in [1.165, 1.54) is 6.39 Å². The summed E-state index contributed by atoms with van der Waals surface area (Å²) in [5, 5.41) is 15.3. The highest BCUT2D eigenvalue weighted by atomic mass is 16.5. The lowest BCUT2D eigenvalue weighted by molar-refractivity contribution is -0.140. The molecule has 0 saturated carbocycles. The molecule has 1 aromatic heterocycles. The number of nitrogens with zero attached hydrogens (tertiary/aromatic N) is 2. The molecule has 0 unspecified atom stereocenters. The molecule has 7 heteroatoms. The smallest absolute Gasteiger partial charge is 0.326 e. The summed E-state index contributed by atoms with van der Waals surface area (Å²) in [6.07, 6.45) is 1.22. The zero-order valence-corrected chi connectivity index (χ0v) is 11.6. The topological polar surface area (TPSA) is 105 Å². The van der Waals surface area contributed by atoms with Crippen molar-refractivity contribution in [3.05, 3.63) is 36.2 Å². The summed E-state index contributed by atoms with van der Waals surface area (Å²) in [6.45, 7) is 3.47. The summed E-state index contributed by atoms with van der Waals surface area (Å²) in [5.74, 6) is -1.27. The van der Waals surface area contributed by atoms with Crippen LogP contribution >= 0.6 is 0 Å². The minimum Gasteiger partial charge on any atom is -0.480 e. The molecule has 0 aliphatic carbocycles. The maximum atomic E-state index is 12.0. The lowest BCUT2D eigenvalue weighted by Gasteiger charge is -2.17. The number of nitrogens with one attached hydrogen (secondary N) is 1. The third kappa shape index (κ3) is 3.44. The zero-order valence-electron chi connectivity index (χ0n) is 11.6. The molecule has 2 rings (SSSR count). The number of carboxylic acids is 1. The Morgan fingerprint density at radius 1 is 1.24 bits per heavy atom. The Hall–Kier alpha value is -2.70. The molecular formula is C14H15N3O4. The Bertz CT molecular complexity index is 620. The number of carbonyl (C=O) groups excluding carboxylic acids is 1. The third-order valence-corrected chi connectivity index (χ3v) is 2.99. The Morgan fingerprint density at radius 2 is 1.90 bits per heavy atom. The van der Waals surface area contributed by atoms with Gasteiger partial charge >= 0.3 is 5.97 Å². The van der Waals surface area contributed by atoms with Crippen LogP contribution in [0.4, 0.5) is 0 Å². The van der Waals surface area contributed by atoms with E-state index in [0.29, 0.717) is 17.0 Å². The number of carbonyl (C=O) groups is 2. The van der Waals surface area contributed by atoms with Gasteiger partial charge in [-0.25, -0.2) is 4.79 Å². The Balaban J connectivity index is 2.11. The average Bonchev–Trinajstić information content (AvgIpc) is 2.98. The predicted octanol–water partition coefficient (Wildman–Crippen LogP) is 1.58. The van der Waals surface area contributed by atoms with Crippen LogP contribution in [0.5, 0.6) is 0 Å². The van der Waals surface area contributed by atoms with Gasteiger partial charge in [-0.05, 0) is 18.1 Å². The number of amides is 1. The van der Waals surface area contributed by atoms with Crippen molar-refractivity contribution in [2.75, 3.05) is 0 Å². The number of aliphatic carboxylic acids is 1. The lowest BCUT2D eigenvalue weighted by Crippen LogP contribution is -2.44. The minimum absolute atomic E-state index is 0.204. The Labute approximate surface area is 121 Å².